The van der Waals surface area contributed by atoms with Crippen molar-refractivity contribution in [1.82, 2.24) is 16.0 Å². The van der Waals surface area contributed by atoms with Crippen LogP contribution in [0.25, 0.3) is 0 Å². The van der Waals surface area contributed by atoms with Crippen molar-refractivity contribution in [1.29, 1.82) is 0 Å². The minimum atomic E-state index is -2.30. The standard InChI is InChI=1S/C22H40N2O9Si2.C16H35NO6Si3.C16H30O5Si2.C13H30O4Si3.C12H26O3Si2.14CH4/c1-7-19(25)29-15-11-23-21(27)31-13-9-17-34(3,4)33-35(5,6)18-10-14-32-22(28)24-12-16-30-20(26)8-2;1-9-15(18)20-13-11-17-16(19)21-12-10-14-26(8,22-24(2,3)4)23-25(5,6)7;1-7-15(17)19-11-9-13-22(3,4)21-23(5,6)14-10-12-20-16(18)8-2;1-9-13(14)15-11-10-12-20(8,16-18(2,3)4)17-19(5,6)7;1-11(2)12(13)14-9-8-10-17(6,7)15-16(3,4)5;;;;;;;;;;;;;;/h7-8H,1-2,9-18H2,3-6H3,(H,23,27)(H,24,28);9H,1,10-14H2,2-8H3,(H,17,19);7-8H,1-2,9-14H2,3-6H3;9H,1,10-12H2,2-8H3;1,8-10H2,2-7H3;14*1H4. The lowest BCUT2D eigenvalue weighted by molar-refractivity contribution is -0.139. The lowest BCUT2D eigenvalue weighted by Gasteiger charge is -2.38. The summed E-state index contributed by atoms with van der Waals surface area (Å²) in [7, 11) is -21.8. The van der Waals surface area contributed by atoms with Gasteiger partial charge in [0, 0.05) is 42.0 Å². The number of carbonyl (C=O) groups is 10. The van der Waals surface area contributed by atoms with Crippen molar-refractivity contribution < 1.29 is 124 Å². The van der Waals surface area contributed by atoms with Crippen LogP contribution < -0.4 is 16.0 Å². The van der Waals surface area contributed by atoms with E-state index in [0.29, 0.717) is 57.9 Å². The van der Waals surface area contributed by atoms with E-state index in [1.807, 2.05) is 0 Å². The summed E-state index contributed by atoms with van der Waals surface area (Å²) < 4.78 is 94.5. The molecular formula is C93H217N3O27Si12. The molecule has 0 unspecified atom stereocenters. The van der Waals surface area contributed by atoms with Crippen LogP contribution in [0.2, 0.25) is 219 Å². The van der Waals surface area contributed by atoms with Gasteiger partial charge < -0.3 is 92.1 Å². The number of hydrogen-bond donors (Lipinski definition) is 3. The Morgan fingerprint density at radius 2 is 0.378 bits per heavy atom. The Morgan fingerprint density at radius 1 is 0.222 bits per heavy atom. The second-order valence-corrected chi connectivity index (χ2v) is 88.9. The monoisotopic (exact) mass is 2140 g/mol. The summed E-state index contributed by atoms with van der Waals surface area (Å²) in [4.78, 5) is 112. The van der Waals surface area contributed by atoms with Gasteiger partial charge >= 0.3 is 77.2 Å². The Balaban J connectivity index is -0.0000000728. The molecule has 3 N–H and O–H groups in total. The molecule has 0 aliphatic carbocycles. The molecule has 30 nitrogen and oxygen atoms in total. The van der Waals surface area contributed by atoms with Crippen LogP contribution in [0.1, 0.15) is 156 Å². The van der Waals surface area contributed by atoms with Crippen molar-refractivity contribution >= 4 is 160 Å². The van der Waals surface area contributed by atoms with Crippen molar-refractivity contribution in [2.75, 3.05) is 85.7 Å². The zero-order chi connectivity index (χ0) is 94.8. The molecule has 0 radical (unpaired) electrons. The topological polar surface area (TPSA) is 364 Å². The van der Waals surface area contributed by atoms with Gasteiger partial charge in [0.05, 0.1) is 65.9 Å². The maximum absolute atomic E-state index is 11.6. The van der Waals surface area contributed by atoms with E-state index < -0.39 is 136 Å². The van der Waals surface area contributed by atoms with Crippen LogP contribution in [0, 0.1) is 0 Å². The van der Waals surface area contributed by atoms with Crippen molar-refractivity contribution in [3.8, 4) is 0 Å². The summed E-state index contributed by atoms with van der Waals surface area (Å²) in [5, 5.41) is 7.54. The molecule has 0 aliphatic heterocycles. The van der Waals surface area contributed by atoms with Gasteiger partial charge in [-0.15, -0.1) is 0 Å². The SMILES string of the molecule is C.C.C.C.C.C.C.C.C.C.C.C.C.C.C=C(C)C(=O)OCCC[Si](C)(C)O[Si](C)(C)C.C=CC(=O)OCCC[Si](C)(C)O[Si](C)(C)CCCOC(=O)C=C.C=CC(=O)OCCC[Si](C)(O[Si](C)(C)C)O[Si](C)(C)C.C=CC(=O)OCCNC(=O)OCCC[Si](C)(C)O[Si](C)(C)CCCOC(=O)NCCOC(=O)C=C.C=CC(=O)OCCNC(=O)OCCC[Si](C)(O[Si](C)(C)C)O[Si](C)(C)C. The molecule has 0 aromatic heterocycles. The number of nitrogens with one attached hydrogen (secondary N) is 3. The first-order valence-corrected chi connectivity index (χ1v) is 79.1. The van der Waals surface area contributed by atoms with Gasteiger partial charge in [-0.05, 0) is 271 Å². The molecule has 0 aliphatic rings. The van der Waals surface area contributed by atoms with Crippen LogP contribution in [-0.2, 0) is 110 Å². The third-order valence-corrected chi connectivity index (χ3v) is 55.3. The second-order valence-electron chi connectivity index (χ2n) is 36.4. The highest BCUT2D eigenvalue weighted by Gasteiger charge is 2.42. The zero-order valence-electron chi connectivity index (χ0n) is 79.5. The fourth-order valence-corrected chi connectivity index (χ4v) is 62.0. The third kappa shape index (κ3) is 123. The average molecular weight is 2150 g/mol. The van der Waals surface area contributed by atoms with E-state index in [1.54, 1.807) is 6.92 Å². The summed E-state index contributed by atoms with van der Waals surface area (Å²) in [6, 6.07) is 6.23. The van der Waals surface area contributed by atoms with Gasteiger partial charge in [-0.2, -0.15) is 0 Å². The summed E-state index contributed by atoms with van der Waals surface area (Å²) in [5.74, 6) is -3.03. The Labute approximate surface area is 843 Å². The number of hydrogen-bond acceptors (Lipinski definition) is 27. The first-order valence-electron chi connectivity index (χ1n) is 41.4. The van der Waals surface area contributed by atoms with Crippen molar-refractivity contribution in [2.45, 2.75) is 375 Å². The molecule has 0 atom stereocenters. The third-order valence-electron chi connectivity index (χ3n) is 14.8. The largest absolute Gasteiger partial charge is 0.463 e. The molecule has 814 valence electrons. The summed E-state index contributed by atoms with van der Waals surface area (Å²) in [6.45, 7) is 87.1. The van der Waals surface area contributed by atoms with Crippen LogP contribution in [0.4, 0.5) is 14.4 Å². The number of carbonyl (C=O) groups excluding carboxylic acids is 10. The summed E-state index contributed by atoms with van der Waals surface area (Å²) in [6.07, 6.45) is 10.4. The van der Waals surface area contributed by atoms with Crippen molar-refractivity contribution in [3.05, 3.63) is 88.1 Å². The molecule has 3 amide bonds. The van der Waals surface area contributed by atoms with E-state index >= 15 is 0 Å². The Morgan fingerprint density at radius 3 is 0.548 bits per heavy atom. The molecule has 42 heteroatoms. The van der Waals surface area contributed by atoms with Crippen LogP contribution in [-0.4, -0.2) is 246 Å². The first kappa shape index (κ1) is 175. The molecule has 0 fully saturated rings. The fourth-order valence-electron chi connectivity index (χ4n) is 11.4. The number of esters is 7. The average Bonchev–Trinajstić information content (AvgIpc) is 0.844. The molecule has 0 spiro atoms. The van der Waals surface area contributed by atoms with E-state index in [9.17, 15) is 47.9 Å². The highest BCUT2D eigenvalue weighted by Crippen LogP contribution is 2.29. The van der Waals surface area contributed by atoms with Crippen LogP contribution >= 0.6 is 0 Å². The summed E-state index contributed by atoms with van der Waals surface area (Å²) >= 11 is 0. The predicted molar refractivity (Wildman–Crippen MR) is 606 cm³/mol. The van der Waals surface area contributed by atoms with Gasteiger partial charge in [0.25, 0.3) is 0 Å². The highest BCUT2D eigenvalue weighted by molar-refractivity contribution is 6.89. The maximum atomic E-state index is 11.6. The van der Waals surface area contributed by atoms with Crippen molar-refractivity contribution in [2.24, 2.45) is 0 Å². The van der Waals surface area contributed by atoms with E-state index in [1.165, 1.54) is 18.2 Å². The second kappa shape index (κ2) is 89.9. The molecular weight excluding hydrogens is 1930 g/mol. The van der Waals surface area contributed by atoms with Gasteiger partial charge in [-0.25, -0.2) is 47.9 Å². The van der Waals surface area contributed by atoms with Gasteiger partial charge in [-0.3, -0.25) is 0 Å². The predicted octanol–water partition coefficient (Wildman–Crippen LogP) is 26.7. The lowest BCUT2D eigenvalue weighted by atomic mass is 10.4. The van der Waals surface area contributed by atoms with Gasteiger partial charge in [0.1, 0.15) is 19.8 Å². The normalized spacial score (nSPS) is 10.8. The van der Waals surface area contributed by atoms with Crippen LogP contribution in [0.3, 0.4) is 0 Å². The van der Waals surface area contributed by atoms with E-state index in [-0.39, 0.29) is 181 Å². The minimum absolute atomic E-state index is 0. The van der Waals surface area contributed by atoms with Crippen LogP contribution in [0.15, 0.2) is 88.1 Å². The quantitative estimate of drug-likeness (QED) is 0.0167. The van der Waals surface area contributed by atoms with Gasteiger partial charge in [0.15, 0.2) is 83.2 Å². The van der Waals surface area contributed by atoms with Crippen molar-refractivity contribution in [3.63, 3.8) is 0 Å². The van der Waals surface area contributed by atoms with E-state index in [0.717, 1.165) is 86.2 Å². The Kier molecular flexibility index (Phi) is 117. The first-order chi connectivity index (χ1) is 55.2. The number of amides is 3. The summed E-state index contributed by atoms with van der Waals surface area (Å²) in [5.41, 5.74) is 0.458. The Hall–Kier alpha value is -5.40. The zero-order valence-corrected chi connectivity index (χ0v) is 91.5. The fraction of sp³-hybridized carbons (Fsp3) is 0.742. The molecule has 0 heterocycles. The van der Waals surface area contributed by atoms with Crippen LogP contribution in [0.5, 0.6) is 0 Å². The molecule has 0 saturated heterocycles. The molecule has 0 aromatic rings. The molecule has 0 rings (SSSR count). The van der Waals surface area contributed by atoms with E-state index in [2.05, 4.69) is 239 Å². The molecule has 0 saturated carbocycles. The number of alkyl carbamates (subject to hydrolysis) is 3. The lowest BCUT2D eigenvalue weighted by Crippen LogP contribution is -2.52. The maximum Gasteiger partial charge on any atom is 0.407 e. The molecule has 135 heavy (non-hydrogen) atoms. The van der Waals surface area contributed by atoms with Gasteiger partial charge in [0.2, 0.25) is 0 Å². The molecule has 0 aromatic carbocycles. The Bertz CT molecular complexity index is 3030. The minimum Gasteiger partial charge on any atom is -0.463 e. The number of rotatable bonds is 58. The highest BCUT2D eigenvalue weighted by atomic mass is 28.5. The molecule has 0 bridgehead atoms. The van der Waals surface area contributed by atoms with E-state index in [4.69, 9.17) is 76.2 Å². The van der Waals surface area contributed by atoms with Gasteiger partial charge in [-0.1, -0.05) is 150 Å². The number of ether oxygens (including phenoxy) is 10. The smallest absolute Gasteiger partial charge is 0.407 e.